The molecule has 0 aliphatic rings. The smallest absolute Gasteiger partial charge is 0.190 e. The Balaban J connectivity index is 2.92. The summed E-state index contributed by atoms with van der Waals surface area (Å²) < 4.78 is 0. The van der Waals surface area contributed by atoms with Gasteiger partial charge in [-0.3, -0.25) is 0 Å². The van der Waals surface area contributed by atoms with Crippen molar-refractivity contribution in [2.24, 2.45) is 0 Å². The van der Waals surface area contributed by atoms with E-state index in [1.165, 1.54) is 11.8 Å². The summed E-state index contributed by atoms with van der Waals surface area (Å²) >= 11 is 7.33. The zero-order valence-electron chi connectivity index (χ0n) is 8.76. The molecular formula is C9H14ClN3S. The Morgan fingerprint density at radius 3 is 2.50 bits per heavy atom. The number of thioether (sulfide) groups is 1. The van der Waals surface area contributed by atoms with Crippen molar-refractivity contribution in [3.8, 4) is 0 Å². The summed E-state index contributed by atoms with van der Waals surface area (Å²) in [6, 6.07) is 1.73. The van der Waals surface area contributed by atoms with Gasteiger partial charge in [0.2, 0.25) is 0 Å². The molecule has 1 rings (SSSR count). The first kappa shape index (κ1) is 11.6. The Bertz CT molecular complexity index is 322. The Hall–Kier alpha value is -0.480. The van der Waals surface area contributed by atoms with Crippen molar-refractivity contribution in [3.63, 3.8) is 0 Å². The summed E-state index contributed by atoms with van der Waals surface area (Å²) in [7, 11) is 0. The maximum Gasteiger partial charge on any atom is 0.190 e. The average molecular weight is 232 g/mol. The van der Waals surface area contributed by atoms with Crippen molar-refractivity contribution < 1.29 is 0 Å². The van der Waals surface area contributed by atoms with Crippen molar-refractivity contribution in [3.05, 3.63) is 11.2 Å². The Labute approximate surface area is 93.7 Å². The highest BCUT2D eigenvalue weighted by Gasteiger charge is 2.11. The van der Waals surface area contributed by atoms with Gasteiger partial charge in [0.15, 0.2) is 5.16 Å². The number of nitrogens with one attached hydrogen (secondary N) is 1. The topological polar surface area (TPSA) is 37.8 Å². The molecule has 0 amide bonds. The van der Waals surface area contributed by atoms with E-state index in [1.807, 2.05) is 6.26 Å². The monoisotopic (exact) mass is 231 g/mol. The van der Waals surface area contributed by atoms with Crippen LogP contribution in [0.15, 0.2) is 11.2 Å². The number of hydrogen-bond acceptors (Lipinski definition) is 4. The molecule has 78 valence electrons. The Morgan fingerprint density at radius 2 is 2.00 bits per heavy atom. The fourth-order valence-electron chi connectivity index (χ4n) is 0.936. The minimum absolute atomic E-state index is 0.0205. The minimum atomic E-state index is -0.0205. The SMILES string of the molecule is CSc1nc(Cl)cc(NC(C)(C)C)n1. The molecule has 5 heteroatoms. The van der Waals surface area contributed by atoms with Gasteiger partial charge in [0.25, 0.3) is 0 Å². The zero-order chi connectivity index (χ0) is 10.8. The Morgan fingerprint density at radius 1 is 1.36 bits per heavy atom. The molecule has 0 aromatic carbocycles. The molecule has 1 N–H and O–H groups in total. The standard InChI is InChI=1S/C9H14ClN3S/c1-9(2,3)13-7-5-6(10)11-8(12-7)14-4/h5H,1-4H3,(H,11,12,13). The predicted molar refractivity (Wildman–Crippen MR) is 62.2 cm³/mol. The van der Waals surface area contributed by atoms with E-state index >= 15 is 0 Å². The first-order valence-electron chi connectivity index (χ1n) is 4.27. The first-order chi connectivity index (χ1) is 6.40. The normalized spacial score (nSPS) is 11.5. The van der Waals surface area contributed by atoms with Gasteiger partial charge in [-0.15, -0.1) is 0 Å². The van der Waals surface area contributed by atoms with Crippen molar-refractivity contribution in [2.75, 3.05) is 11.6 Å². The molecule has 0 saturated heterocycles. The lowest BCUT2D eigenvalue weighted by atomic mass is 10.1. The van der Waals surface area contributed by atoms with Crippen molar-refractivity contribution in [1.29, 1.82) is 0 Å². The molecule has 0 saturated carbocycles. The highest BCUT2D eigenvalue weighted by molar-refractivity contribution is 7.98. The molecule has 0 spiro atoms. The highest BCUT2D eigenvalue weighted by atomic mass is 35.5. The second-order valence-corrected chi connectivity index (χ2v) is 5.10. The van der Waals surface area contributed by atoms with E-state index in [2.05, 4.69) is 36.1 Å². The van der Waals surface area contributed by atoms with Gasteiger partial charge < -0.3 is 5.32 Å². The average Bonchev–Trinajstić information content (AvgIpc) is 1.99. The number of aromatic nitrogens is 2. The summed E-state index contributed by atoms with van der Waals surface area (Å²) in [6.07, 6.45) is 1.92. The van der Waals surface area contributed by atoms with Crippen LogP contribution >= 0.6 is 23.4 Å². The molecule has 14 heavy (non-hydrogen) atoms. The van der Waals surface area contributed by atoms with Gasteiger partial charge in [0, 0.05) is 11.6 Å². The highest BCUT2D eigenvalue weighted by Crippen LogP contribution is 2.19. The lowest BCUT2D eigenvalue weighted by molar-refractivity contribution is 0.628. The second-order valence-electron chi connectivity index (χ2n) is 3.94. The molecule has 1 heterocycles. The van der Waals surface area contributed by atoms with Crippen LogP contribution in [0.1, 0.15) is 20.8 Å². The van der Waals surface area contributed by atoms with Crippen molar-refractivity contribution in [1.82, 2.24) is 9.97 Å². The number of halogens is 1. The molecule has 1 aromatic rings. The molecule has 0 fully saturated rings. The van der Waals surface area contributed by atoms with Crippen LogP contribution in [0.25, 0.3) is 0 Å². The van der Waals surface area contributed by atoms with E-state index in [0.29, 0.717) is 10.3 Å². The van der Waals surface area contributed by atoms with Crippen molar-refractivity contribution >= 4 is 29.2 Å². The molecule has 3 nitrogen and oxygen atoms in total. The third kappa shape index (κ3) is 3.72. The van der Waals surface area contributed by atoms with Crippen LogP contribution in [-0.4, -0.2) is 21.8 Å². The maximum absolute atomic E-state index is 5.85. The molecule has 0 atom stereocenters. The Kier molecular flexibility index (Phi) is 3.61. The fourth-order valence-corrected chi connectivity index (χ4v) is 1.55. The molecule has 0 radical (unpaired) electrons. The summed E-state index contributed by atoms with van der Waals surface area (Å²) in [5, 5.41) is 4.40. The van der Waals surface area contributed by atoms with Crippen LogP contribution < -0.4 is 5.32 Å². The van der Waals surface area contributed by atoms with Gasteiger partial charge in [-0.2, -0.15) is 0 Å². The van der Waals surface area contributed by atoms with Gasteiger partial charge in [-0.05, 0) is 27.0 Å². The number of nitrogens with zero attached hydrogens (tertiary/aromatic N) is 2. The summed E-state index contributed by atoms with van der Waals surface area (Å²) in [5.74, 6) is 0.766. The summed E-state index contributed by atoms with van der Waals surface area (Å²) in [6.45, 7) is 6.21. The van der Waals surface area contributed by atoms with Gasteiger partial charge >= 0.3 is 0 Å². The van der Waals surface area contributed by atoms with Gasteiger partial charge in [-0.1, -0.05) is 23.4 Å². The molecule has 0 unspecified atom stereocenters. The van der Waals surface area contributed by atoms with E-state index in [-0.39, 0.29) is 5.54 Å². The van der Waals surface area contributed by atoms with E-state index in [1.54, 1.807) is 6.07 Å². The van der Waals surface area contributed by atoms with Crippen LogP contribution in [0, 0.1) is 0 Å². The lowest BCUT2D eigenvalue weighted by Gasteiger charge is -2.21. The third-order valence-electron chi connectivity index (χ3n) is 1.36. The van der Waals surface area contributed by atoms with Gasteiger partial charge in [0.1, 0.15) is 11.0 Å². The van der Waals surface area contributed by atoms with E-state index in [9.17, 15) is 0 Å². The molecule has 0 aliphatic heterocycles. The largest absolute Gasteiger partial charge is 0.365 e. The molecule has 0 aliphatic carbocycles. The van der Waals surface area contributed by atoms with E-state index in [0.717, 1.165) is 5.82 Å². The van der Waals surface area contributed by atoms with E-state index in [4.69, 9.17) is 11.6 Å². The second kappa shape index (κ2) is 4.36. The minimum Gasteiger partial charge on any atom is -0.365 e. The van der Waals surface area contributed by atoms with Crippen LogP contribution in [0.2, 0.25) is 5.15 Å². The van der Waals surface area contributed by atoms with Crippen molar-refractivity contribution in [2.45, 2.75) is 31.5 Å². The van der Waals surface area contributed by atoms with E-state index < -0.39 is 0 Å². The molecule has 1 aromatic heterocycles. The van der Waals surface area contributed by atoms with Crippen LogP contribution in [0.4, 0.5) is 5.82 Å². The predicted octanol–water partition coefficient (Wildman–Crippen LogP) is 3.06. The third-order valence-corrected chi connectivity index (χ3v) is 2.10. The number of hydrogen-bond donors (Lipinski definition) is 1. The molecule has 0 bridgehead atoms. The van der Waals surface area contributed by atoms with Crippen LogP contribution in [-0.2, 0) is 0 Å². The summed E-state index contributed by atoms with van der Waals surface area (Å²) in [4.78, 5) is 8.35. The molecular weight excluding hydrogens is 218 g/mol. The maximum atomic E-state index is 5.85. The quantitative estimate of drug-likeness (QED) is 0.482. The fraction of sp³-hybridized carbons (Fsp3) is 0.556. The number of rotatable bonds is 2. The van der Waals surface area contributed by atoms with Crippen LogP contribution in [0.5, 0.6) is 0 Å². The lowest BCUT2D eigenvalue weighted by Crippen LogP contribution is -2.26. The zero-order valence-corrected chi connectivity index (χ0v) is 10.3. The first-order valence-corrected chi connectivity index (χ1v) is 5.88. The summed E-state index contributed by atoms with van der Waals surface area (Å²) in [5.41, 5.74) is -0.0205. The van der Waals surface area contributed by atoms with Gasteiger partial charge in [-0.25, -0.2) is 9.97 Å². The van der Waals surface area contributed by atoms with Gasteiger partial charge in [0.05, 0.1) is 0 Å². The van der Waals surface area contributed by atoms with Crippen LogP contribution in [0.3, 0.4) is 0 Å². The number of anilines is 1.